The standard InChI is InChI=1S/C23H24ClN5O3/c24-16-3-1-2-14(10-16)15-11-17-18(19(30)12-15)13-26-21-20(17)22(31)28-23(27-21)25-4-5-29-6-8-32-9-7-29/h1-3,10,13,15H,4-9,11-12H2,(H2,25,26,27,28,31). The third kappa shape index (κ3) is 4.26. The van der Waals surface area contributed by atoms with Gasteiger partial charge in [0.25, 0.3) is 5.56 Å². The predicted molar refractivity (Wildman–Crippen MR) is 123 cm³/mol. The van der Waals surface area contributed by atoms with E-state index in [9.17, 15) is 9.59 Å². The molecule has 5 rings (SSSR count). The fraction of sp³-hybridized carbons (Fsp3) is 0.391. The number of carbonyl (C=O) groups excluding carboxylic acids is 1. The van der Waals surface area contributed by atoms with Crippen LogP contribution < -0.4 is 10.9 Å². The molecule has 2 aliphatic rings. The number of aromatic amines is 1. The minimum Gasteiger partial charge on any atom is -0.379 e. The lowest BCUT2D eigenvalue weighted by Gasteiger charge is -2.26. The molecule has 0 spiro atoms. The van der Waals surface area contributed by atoms with Crippen LogP contribution in [0.3, 0.4) is 0 Å². The molecule has 1 unspecified atom stereocenters. The third-order valence-corrected chi connectivity index (χ3v) is 6.41. The molecule has 0 saturated carbocycles. The van der Waals surface area contributed by atoms with Gasteiger partial charge < -0.3 is 10.1 Å². The molecule has 2 N–H and O–H groups in total. The zero-order valence-corrected chi connectivity index (χ0v) is 18.3. The first-order valence-corrected chi connectivity index (χ1v) is 11.2. The molecule has 0 bridgehead atoms. The molecule has 0 amide bonds. The molecule has 166 valence electrons. The first-order chi connectivity index (χ1) is 15.6. The van der Waals surface area contributed by atoms with Gasteiger partial charge in [0.1, 0.15) is 0 Å². The maximum Gasteiger partial charge on any atom is 0.262 e. The van der Waals surface area contributed by atoms with E-state index in [-0.39, 0.29) is 17.3 Å². The van der Waals surface area contributed by atoms with Crippen molar-refractivity contribution in [2.24, 2.45) is 0 Å². The minimum atomic E-state index is -0.284. The van der Waals surface area contributed by atoms with Crippen molar-refractivity contribution in [3.63, 3.8) is 0 Å². The smallest absolute Gasteiger partial charge is 0.262 e. The van der Waals surface area contributed by atoms with Gasteiger partial charge in [-0.15, -0.1) is 0 Å². The number of aromatic nitrogens is 3. The van der Waals surface area contributed by atoms with Crippen LogP contribution in [0.4, 0.5) is 5.95 Å². The predicted octanol–water partition coefficient (Wildman–Crippen LogP) is 2.63. The van der Waals surface area contributed by atoms with Gasteiger partial charge in [0.15, 0.2) is 11.4 Å². The molecule has 3 heterocycles. The Labute approximate surface area is 190 Å². The molecule has 1 aromatic carbocycles. The van der Waals surface area contributed by atoms with E-state index in [1.807, 2.05) is 24.3 Å². The van der Waals surface area contributed by atoms with Crippen LogP contribution in [0.15, 0.2) is 35.3 Å². The van der Waals surface area contributed by atoms with E-state index in [0.717, 1.165) is 38.4 Å². The molecule has 1 aliphatic carbocycles. The van der Waals surface area contributed by atoms with Gasteiger partial charge in [-0.05, 0) is 35.6 Å². The first kappa shape index (κ1) is 21.1. The van der Waals surface area contributed by atoms with Crippen molar-refractivity contribution < 1.29 is 9.53 Å². The van der Waals surface area contributed by atoms with E-state index in [1.165, 1.54) is 0 Å². The van der Waals surface area contributed by atoms with E-state index in [1.54, 1.807) is 6.20 Å². The maximum absolute atomic E-state index is 13.0. The highest BCUT2D eigenvalue weighted by Crippen LogP contribution is 2.35. The Hall–Kier alpha value is -2.81. The van der Waals surface area contributed by atoms with E-state index < -0.39 is 0 Å². The number of pyridine rings is 1. The van der Waals surface area contributed by atoms with Crippen LogP contribution in [-0.2, 0) is 11.2 Å². The fourth-order valence-electron chi connectivity index (χ4n) is 4.51. The number of H-pyrrole nitrogens is 1. The van der Waals surface area contributed by atoms with Gasteiger partial charge in [-0.3, -0.25) is 19.5 Å². The van der Waals surface area contributed by atoms with Crippen LogP contribution in [0, 0.1) is 0 Å². The van der Waals surface area contributed by atoms with Crippen LogP contribution in [0.1, 0.15) is 33.8 Å². The van der Waals surface area contributed by atoms with Gasteiger partial charge in [0.05, 0.1) is 18.6 Å². The molecule has 3 aromatic rings. The molecule has 1 saturated heterocycles. The number of hydrogen-bond donors (Lipinski definition) is 2. The van der Waals surface area contributed by atoms with E-state index in [2.05, 4.69) is 25.2 Å². The average Bonchev–Trinajstić information content (AvgIpc) is 2.79. The molecule has 1 fully saturated rings. The van der Waals surface area contributed by atoms with E-state index in [0.29, 0.717) is 52.5 Å². The van der Waals surface area contributed by atoms with Crippen LogP contribution in [0.5, 0.6) is 0 Å². The van der Waals surface area contributed by atoms with Gasteiger partial charge in [0, 0.05) is 49.4 Å². The fourth-order valence-corrected chi connectivity index (χ4v) is 4.71. The molecular formula is C23H24ClN5O3. The van der Waals surface area contributed by atoms with Crippen molar-refractivity contribution in [3.05, 3.63) is 62.5 Å². The van der Waals surface area contributed by atoms with Crippen molar-refractivity contribution in [3.8, 4) is 0 Å². The second-order valence-electron chi connectivity index (χ2n) is 8.23. The number of nitrogens with one attached hydrogen (secondary N) is 2. The molecule has 32 heavy (non-hydrogen) atoms. The largest absolute Gasteiger partial charge is 0.379 e. The highest BCUT2D eigenvalue weighted by atomic mass is 35.5. The summed E-state index contributed by atoms with van der Waals surface area (Å²) in [6.07, 6.45) is 2.49. The molecule has 8 nitrogen and oxygen atoms in total. The Bertz CT molecular complexity index is 1220. The Morgan fingerprint density at radius 2 is 2.06 bits per heavy atom. The monoisotopic (exact) mass is 453 g/mol. The molecule has 2 aromatic heterocycles. The summed E-state index contributed by atoms with van der Waals surface area (Å²) in [5.74, 6) is 0.333. The summed E-state index contributed by atoms with van der Waals surface area (Å²) in [7, 11) is 0. The summed E-state index contributed by atoms with van der Waals surface area (Å²) >= 11 is 6.15. The number of anilines is 1. The van der Waals surface area contributed by atoms with Gasteiger partial charge in [0.2, 0.25) is 5.95 Å². The quantitative estimate of drug-likeness (QED) is 0.612. The maximum atomic E-state index is 13.0. The van der Waals surface area contributed by atoms with Crippen LogP contribution in [-0.4, -0.2) is 65.0 Å². The number of ether oxygens (including phenoxy) is 1. The van der Waals surface area contributed by atoms with Gasteiger partial charge in [-0.2, -0.15) is 4.98 Å². The zero-order chi connectivity index (χ0) is 22.1. The Balaban J connectivity index is 1.41. The Morgan fingerprint density at radius 3 is 2.88 bits per heavy atom. The summed E-state index contributed by atoms with van der Waals surface area (Å²) in [6, 6.07) is 7.54. The highest BCUT2D eigenvalue weighted by Gasteiger charge is 2.29. The second-order valence-corrected chi connectivity index (χ2v) is 8.66. The highest BCUT2D eigenvalue weighted by molar-refractivity contribution is 6.30. The number of ketones is 1. The molecular weight excluding hydrogens is 430 g/mol. The third-order valence-electron chi connectivity index (χ3n) is 6.17. The Kier molecular flexibility index (Phi) is 5.91. The van der Waals surface area contributed by atoms with Crippen molar-refractivity contribution >= 4 is 34.4 Å². The minimum absolute atomic E-state index is 0.0160. The number of Topliss-reactive ketones (excluding diaryl/α,β-unsaturated/α-hetero) is 1. The van der Waals surface area contributed by atoms with Gasteiger partial charge >= 0.3 is 0 Å². The molecule has 0 radical (unpaired) electrons. The van der Waals surface area contributed by atoms with Crippen molar-refractivity contribution in [1.29, 1.82) is 0 Å². The number of rotatable bonds is 5. The molecule has 9 heteroatoms. The number of fused-ring (bicyclic) bond motifs is 3. The van der Waals surface area contributed by atoms with Gasteiger partial charge in [-0.25, -0.2) is 4.98 Å². The van der Waals surface area contributed by atoms with Crippen molar-refractivity contribution in [2.45, 2.75) is 18.8 Å². The molecule has 1 atom stereocenters. The lowest BCUT2D eigenvalue weighted by molar-refractivity contribution is 0.0398. The number of halogens is 1. The first-order valence-electron chi connectivity index (χ1n) is 10.8. The van der Waals surface area contributed by atoms with Crippen LogP contribution >= 0.6 is 11.6 Å². The average molecular weight is 454 g/mol. The summed E-state index contributed by atoms with van der Waals surface area (Å²) in [4.78, 5) is 39.8. The van der Waals surface area contributed by atoms with E-state index in [4.69, 9.17) is 16.3 Å². The normalized spacial score (nSPS) is 19.2. The number of morpholine rings is 1. The number of benzene rings is 1. The number of nitrogens with zero attached hydrogens (tertiary/aromatic N) is 3. The number of carbonyl (C=O) groups is 1. The Morgan fingerprint density at radius 1 is 1.22 bits per heavy atom. The van der Waals surface area contributed by atoms with Crippen molar-refractivity contribution in [2.75, 3.05) is 44.7 Å². The lowest BCUT2D eigenvalue weighted by Crippen LogP contribution is -2.39. The molecule has 1 aliphatic heterocycles. The topological polar surface area (TPSA) is 100 Å². The summed E-state index contributed by atoms with van der Waals surface area (Å²) < 4.78 is 5.36. The van der Waals surface area contributed by atoms with Gasteiger partial charge in [-0.1, -0.05) is 23.7 Å². The summed E-state index contributed by atoms with van der Waals surface area (Å²) in [6.45, 7) is 4.77. The lowest BCUT2D eigenvalue weighted by atomic mass is 9.79. The SMILES string of the molecule is O=C1CC(c2cccc(Cl)c2)Cc2c1cnc1nc(NCCN3CCOCC3)[nH]c(=O)c21. The summed E-state index contributed by atoms with van der Waals surface area (Å²) in [5, 5.41) is 4.21. The van der Waals surface area contributed by atoms with Crippen LogP contribution in [0.2, 0.25) is 5.02 Å². The zero-order valence-electron chi connectivity index (χ0n) is 17.6. The summed E-state index contributed by atoms with van der Waals surface area (Å²) in [5.41, 5.74) is 2.28. The van der Waals surface area contributed by atoms with E-state index >= 15 is 0 Å². The van der Waals surface area contributed by atoms with Crippen molar-refractivity contribution in [1.82, 2.24) is 19.9 Å². The number of hydrogen-bond acceptors (Lipinski definition) is 7. The van der Waals surface area contributed by atoms with Crippen LogP contribution in [0.25, 0.3) is 11.0 Å². The second kappa shape index (κ2) is 8.97.